The fourth-order valence-corrected chi connectivity index (χ4v) is 17.3. The molecule has 0 saturated heterocycles. The first-order valence-corrected chi connectivity index (χ1v) is 34.0. The number of aromatic nitrogens is 2. The number of benzene rings is 6. The van der Waals surface area contributed by atoms with Crippen LogP contribution in [-0.2, 0) is 23.0 Å². The lowest BCUT2D eigenvalue weighted by molar-refractivity contribution is -0.777. The van der Waals surface area contributed by atoms with Gasteiger partial charge in [0.2, 0.25) is 11.0 Å². The summed E-state index contributed by atoms with van der Waals surface area (Å²) < 4.78 is 11.8. The summed E-state index contributed by atoms with van der Waals surface area (Å²) in [6.07, 6.45) is 22.9. The summed E-state index contributed by atoms with van der Waals surface area (Å²) in [4.78, 5) is 8.53. The zero-order valence-corrected chi connectivity index (χ0v) is 58.1. The molecule has 0 fully saturated rings. The van der Waals surface area contributed by atoms with Crippen molar-refractivity contribution >= 4 is 126 Å². The van der Waals surface area contributed by atoms with Crippen LogP contribution >= 0.6 is 82.2 Å². The van der Waals surface area contributed by atoms with Gasteiger partial charge in [0.05, 0.1) is 33.5 Å². The van der Waals surface area contributed by atoms with Gasteiger partial charge in [-0.3, -0.25) is 5.04 Å². The maximum atomic E-state index is 9.43. The molecule has 0 amide bonds. The molecule has 2 aliphatic heterocycles. The molecular weight excluding hydrogens is 1270 g/mol. The number of hydrogen-bond donors (Lipinski definition) is 0. The second-order valence-electron chi connectivity index (χ2n) is 23.8. The van der Waals surface area contributed by atoms with E-state index in [1.807, 2.05) is 77.4 Å². The average molecular weight is 1350 g/mol. The first kappa shape index (κ1) is 65.3. The molecule has 7 nitrogen and oxygen atoms in total. The molecule has 1 unspecified atom stereocenters. The normalized spacial score (nSPS) is 18.0. The van der Waals surface area contributed by atoms with Crippen molar-refractivity contribution in [2.75, 3.05) is 22.9 Å². The topological polar surface area (TPSA) is 55.8 Å². The number of fused-ring (bicyclic) bond motifs is 4. The number of hydrogen-bond acceptors (Lipinski definition) is 10. The number of rotatable bonds is 14. The van der Waals surface area contributed by atoms with Crippen LogP contribution in [0.2, 0.25) is 0 Å². The van der Waals surface area contributed by atoms with Gasteiger partial charge in [-0.2, -0.15) is 13.5 Å². The maximum absolute atomic E-state index is 9.43. The minimum absolute atomic E-state index is 0. The van der Waals surface area contributed by atoms with Gasteiger partial charge >= 0.3 is 0 Å². The number of halogens is 1. The highest BCUT2D eigenvalue weighted by Gasteiger charge is 2.31. The second kappa shape index (κ2) is 29.9. The second-order valence-corrected chi connectivity index (χ2v) is 28.8. The van der Waals surface area contributed by atoms with Crippen LogP contribution in [0.15, 0.2) is 199 Å². The molecule has 13 heteroatoms. The predicted molar refractivity (Wildman–Crippen MR) is 378 cm³/mol. The van der Waals surface area contributed by atoms with E-state index in [0.29, 0.717) is 5.92 Å². The van der Waals surface area contributed by atoms with E-state index in [0.717, 1.165) is 67.8 Å². The zero-order valence-electron chi connectivity index (χ0n) is 51.7. The number of thiazole rings is 2. The number of unbranched alkanes of at least 4 members (excludes halogenated alkanes) is 2. The monoisotopic (exact) mass is 1350 g/mol. The summed E-state index contributed by atoms with van der Waals surface area (Å²) in [5, 5.41) is 18.0. The highest BCUT2D eigenvalue weighted by molar-refractivity contribution is 14.0. The molecule has 0 spiro atoms. The molecule has 12 rings (SSSR count). The van der Waals surface area contributed by atoms with E-state index < -0.39 is 0 Å². The molecule has 4 aliphatic rings. The van der Waals surface area contributed by atoms with Crippen LogP contribution in [0.1, 0.15) is 129 Å². The van der Waals surface area contributed by atoms with Gasteiger partial charge in [-0.05, 0) is 203 Å². The first-order valence-electron chi connectivity index (χ1n) is 30.0. The van der Waals surface area contributed by atoms with Gasteiger partial charge in [-0.1, -0.05) is 158 Å². The smallest absolute Gasteiger partial charge is 0.263 e. The van der Waals surface area contributed by atoms with Gasteiger partial charge in [0.25, 0.3) is 10.0 Å². The minimum atomic E-state index is 0. The fraction of sp³-hybridized carbons (Fsp3) is 0.315. The predicted octanol–water partition coefficient (Wildman–Crippen LogP) is 20.1. The van der Waals surface area contributed by atoms with Crippen molar-refractivity contribution in [1.82, 2.24) is 0 Å². The SMILES string of the molecule is CCCCC[n+]1c(C=C2C=C(C=C3Sc4cc(C)ccc4N3CC)CC(C)(C)C2)sc2cc(C)ccc21.CCN1C(=CC2=CC(=Cc3sc4cc(C)ccc4[n+]3C)CC(c3ccccc3)C2)Sc2cc(C)ccc21.Cc1ccc(SOO[O-])cc1.I. The lowest BCUT2D eigenvalue weighted by atomic mass is 9.75. The summed E-state index contributed by atoms with van der Waals surface area (Å²) in [7, 11) is 2.19. The third-order valence-corrected chi connectivity index (χ3v) is 21.1. The van der Waals surface area contributed by atoms with E-state index >= 15 is 0 Å². The third-order valence-electron chi connectivity index (χ3n) is 16.1. The Bertz CT molecular complexity index is 3890. The molecular formula is C73H82IN4O3S5+. The number of thioether (sulfide) groups is 2. The van der Waals surface area contributed by atoms with Crippen LogP contribution in [0.5, 0.6) is 0 Å². The Morgan fingerprint density at radius 2 is 1.15 bits per heavy atom. The van der Waals surface area contributed by atoms with Crippen molar-refractivity contribution in [1.29, 1.82) is 0 Å². The van der Waals surface area contributed by atoms with Crippen LogP contribution in [0.3, 0.4) is 0 Å². The van der Waals surface area contributed by atoms with Gasteiger partial charge in [-0.15, -0.1) is 24.0 Å². The van der Waals surface area contributed by atoms with Gasteiger partial charge in [0.1, 0.15) is 16.4 Å². The molecule has 0 radical (unpaired) electrons. The van der Waals surface area contributed by atoms with Gasteiger partial charge in [0, 0.05) is 58.5 Å². The summed E-state index contributed by atoms with van der Waals surface area (Å²) in [6.45, 7) is 25.4. The van der Waals surface area contributed by atoms with E-state index in [4.69, 9.17) is 0 Å². The molecule has 2 aliphatic carbocycles. The van der Waals surface area contributed by atoms with E-state index in [1.165, 1.54) is 131 Å². The Morgan fingerprint density at radius 1 is 0.605 bits per heavy atom. The lowest BCUT2D eigenvalue weighted by Crippen LogP contribution is -2.35. The first-order chi connectivity index (χ1) is 41.1. The third kappa shape index (κ3) is 16.2. The highest BCUT2D eigenvalue weighted by Crippen LogP contribution is 2.50. The van der Waals surface area contributed by atoms with E-state index in [1.54, 1.807) is 0 Å². The van der Waals surface area contributed by atoms with Gasteiger partial charge < -0.3 is 15.1 Å². The Hall–Kier alpha value is -5.20. The summed E-state index contributed by atoms with van der Waals surface area (Å²) >= 11 is 8.57. The molecule has 2 aromatic heterocycles. The Balaban J connectivity index is 0.000000173. The lowest BCUT2D eigenvalue weighted by Gasteiger charge is -2.31. The van der Waals surface area contributed by atoms with Crippen molar-refractivity contribution in [3.8, 4) is 0 Å². The van der Waals surface area contributed by atoms with Crippen molar-refractivity contribution in [3.63, 3.8) is 0 Å². The minimum Gasteiger partial charge on any atom is -0.691 e. The Morgan fingerprint density at radius 3 is 1.77 bits per heavy atom. The van der Waals surface area contributed by atoms with Crippen molar-refractivity contribution < 1.29 is 23.8 Å². The highest BCUT2D eigenvalue weighted by atomic mass is 127. The van der Waals surface area contributed by atoms with Crippen LogP contribution in [-0.4, -0.2) is 13.1 Å². The van der Waals surface area contributed by atoms with E-state index in [2.05, 4.69) is 237 Å². The molecule has 4 heterocycles. The average Bonchev–Trinajstić information content (AvgIpc) is 2.12. The fourth-order valence-electron chi connectivity index (χ4n) is 11.9. The standard InChI is InChI=1S/C33H33N2S2.C33H41N2S2.C7H8O3S.HI/c1-5-35-29-14-12-23(3)16-31(29)37-33(35)21-25-17-24(18-27(19-25)26-9-7-6-8-10-26)20-32-34(4)28-13-11-22(2)15-30(28)36-32;1-7-9-10-15-35-28-14-12-24(4)17-30(28)37-32(35)20-26-18-25(21-33(5,6)22-26)19-31-34(8-2)27-13-11-23(3)16-29(27)36-31;1-6-2-4-7(5-3-6)11-10-9-8;/h6-17,20-21,27H,5,18-19H2,1-4H3;11-14,16-20H,7-10,15,21-22H2,1-6H3;2-5,8H,1H3;1H/q2*+1;;/p-1. The number of aryl methyl sites for hydroxylation is 7. The van der Waals surface area contributed by atoms with Crippen molar-refractivity contribution in [2.24, 2.45) is 12.5 Å². The van der Waals surface area contributed by atoms with Crippen LogP contribution in [0, 0.1) is 40.0 Å². The molecule has 0 bridgehead atoms. The van der Waals surface area contributed by atoms with E-state index in [9.17, 15) is 5.26 Å². The Kier molecular flexibility index (Phi) is 22.7. The molecule has 86 heavy (non-hydrogen) atoms. The molecule has 448 valence electrons. The van der Waals surface area contributed by atoms with Gasteiger partial charge in [-0.25, -0.2) is 0 Å². The molecule has 0 N–H and O–H groups in total. The van der Waals surface area contributed by atoms with Crippen molar-refractivity contribution in [3.05, 3.63) is 227 Å². The molecule has 6 aromatic carbocycles. The van der Waals surface area contributed by atoms with E-state index in [-0.39, 0.29) is 29.4 Å². The van der Waals surface area contributed by atoms with Crippen LogP contribution in [0.4, 0.5) is 11.4 Å². The summed E-state index contributed by atoms with van der Waals surface area (Å²) in [5.74, 6) is 0.484. The summed E-state index contributed by atoms with van der Waals surface area (Å²) in [5.41, 5.74) is 19.2. The number of anilines is 2. The van der Waals surface area contributed by atoms with Gasteiger partial charge in [0.15, 0.2) is 6.54 Å². The molecule has 8 aromatic rings. The largest absolute Gasteiger partial charge is 0.691 e. The quantitative estimate of drug-likeness (QED) is 0.0267. The zero-order chi connectivity index (χ0) is 59.8. The maximum Gasteiger partial charge on any atom is 0.263 e. The number of allylic oxidation sites excluding steroid dienone is 8. The van der Waals surface area contributed by atoms with Crippen LogP contribution in [0.25, 0.3) is 32.6 Å². The number of nitrogens with zero attached hydrogens (tertiary/aromatic N) is 4. The Labute approximate surface area is 549 Å². The summed E-state index contributed by atoms with van der Waals surface area (Å²) in [6, 6.07) is 46.0. The van der Waals surface area contributed by atoms with Crippen molar-refractivity contribution in [2.45, 2.75) is 141 Å². The van der Waals surface area contributed by atoms with Crippen LogP contribution < -0.4 is 24.2 Å². The molecule has 0 saturated carbocycles. The molecule has 1 atom stereocenters.